The zero-order chi connectivity index (χ0) is 19.8. The lowest BCUT2D eigenvalue weighted by Gasteiger charge is -2.32. The molecule has 0 fully saturated rings. The van der Waals surface area contributed by atoms with Crippen LogP contribution in [0.15, 0.2) is 10.9 Å². The van der Waals surface area contributed by atoms with Gasteiger partial charge in [-0.1, -0.05) is 0 Å². The molecular formula is C17H22FN5O4. The van der Waals surface area contributed by atoms with Gasteiger partial charge in [0.1, 0.15) is 18.1 Å². The zero-order valence-electron chi connectivity index (χ0n) is 15.5. The molecule has 10 heteroatoms. The van der Waals surface area contributed by atoms with Crippen LogP contribution in [0.1, 0.15) is 41.5 Å². The highest BCUT2D eigenvalue weighted by Crippen LogP contribution is 2.27. The molecule has 3 heterocycles. The number of rotatable bonds is 5. The lowest BCUT2D eigenvalue weighted by Crippen LogP contribution is -2.42. The number of amides is 1. The minimum Gasteiger partial charge on any atom is -0.501 e. The Morgan fingerprint density at radius 1 is 1.48 bits per heavy atom. The van der Waals surface area contributed by atoms with E-state index in [0.717, 1.165) is 5.69 Å². The number of alkyl halides is 1. The van der Waals surface area contributed by atoms with Gasteiger partial charge in [0.2, 0.25) is 5.75 Å². The minimum absolute atomic E-state index is 0.0540. The second-order valence-electron chi connectivity index (χ2n) is 6.82. The van der Waals surface area contributed by atoms with Crippen LogP contribution in [0.5, 0.6) is 5.75 Å². The maximum absolute atomic E-state index is 12.5. The van der Waals surface area contributed by atoms with Gasteiger partial charge in [-0.05, 0) is 26.8 Å². The molecule has 2 aromatic heterocycles. The number of aromatic nitrogens is 4. The first-order valence-corrected chi connectivity index (χ1v) is 8.60. The lowest BCUT2D eigenvalue weighted by molar-refractivity contribution is -0.0566. The van der Waals surface area contributed by atoms with E-state index in [1.807, 2.05) is 0 Å². The van der Waals surface area contributed by atoms with Gasteiger partial charge in [-0.15, -0.1) is 0 Å². The summed E-state index contributed by atoms with van der Waals surface area (Å²) in [5, 5.41) is 16.9. The maximum Gasteiger partial charge on any atom is 0.296 e. The standard InChI is InChI=1S/C17H22FN5O4/c1-10-8-11(21-23(10)5-4-18)9-19-14(25)12-13(24)15(26)22-6-7-27-17(2,3)16(22)20-12/h8,24H,4-7,9H2,1-3H3,(H,19,25). The number of halogens is 1. The molecule has 0 bridgehead atoms. The number of carbonyl (C=O) groups is 1. The van der Waals surface area contributed by atoms with Gasteiger partial charge in [0.05, 0.1) is 31.9 Å². The molecule has 0 atom stereocenters. The molecule has 3 rings (SSSR count). The molecule has 9 nitrogen and oxygen atoms in total. The van der Waals surface area contributed by atoms with Gasteiger partial charge < -0.3 is 15.2 Å². The molecule has 1 aliphatic rings. The van der Waals surface area contributed by atoms with E-state index in [1.54, 1.807) is 26.8 Å². The SMILES string of the molecule is Cc1cc(CNC(=O)c2nc3n(c(=O)c2O)CCOC3(C)C)nn1CCF. The molecular weight excluding hydrogens is 357 g/mol. The van der Waals surface area contributed by atoms with Crippen LogP contribution in [0, 0.1) is 6.92 Å². The molecule has 0 saturated heterocycles. The molecule has 0 spiro atoms. The fraction of sp³-hybridized carbons (Fsp3) is 0.529. The molecule has 0 unspecified atom stereocenters. The summed E-state index contributed by atoms with van der Waals surface area (Å²) < 4.78 is 20.9. The van der Waals surface area contributed by atoms with Crippen molar-refractivity contribution in [1.82, 2.24) is 24.6 Å². The number of nitrogens with one attached hydrogen (secondary N) is 1. The smallest absolute Gasteiger partial charge is 0.296 e. The highest BCUT2D eigenvalue weighted by Gasteiger charge is 2.34. The van der Waals surface area contributed by atoms with Crippen molar-refractivity contribution in [3.63, 3.8) is 0 Å². The van der Waals surface area contributed by atoms with Crippen LogP contribution in [0.2, 0.25) is 0 Å². The number of aromatic hydroxyl groups is 1. The van der Waals surface area contributed by atoms with Crippen LogP contribution in [0.25, 0.3) is 0 Å². The van der Waals surface area contributed by atoms with Crippen LogP contribution in [-0.4, -0.2) is 43.6 Å². The number of hydrogen-bond donors (Lipinski definition) is 2. The Morgan fingerprint density at radius 3 is 2.93 bits per heavy atom. The predicted octanol–water partition coefficient (Wildman–Crippen LogP) is 0.619. The fourth-order valence-electron chi connectivity index (χ4n) is 3.05. The minimum atomic E-state index is -0.859. The fourth-order valence-corrected chi connectivity index (χ4v) is 3.05. The van der Waals surface area contributed by atoms with Crippen molar-refractivity contribution in [3.8, 4) is 5.75 Å². The summed E-state index contributed by atoms with van der Waals surface area (Å²) in [5.74, 6) is -1.12. The van der Waals surface area contributed by atoms with E-state index >= 15 is 0 Å². The normalized spacial score (nSPS) is 15.4. The van der Waals surface area contributed by atoms with Crippen molar-refractivity contribution in [2.45, 2.75) is 46.0 Å². The summed E-state index contributed by atoms with van der Waals surface area (Å²) >= 11 is 0. The largest absolute Gasteiger partial charge is 0.501 e. The topological polar surface area (TPSA) is 111 Å². The molecule has 0 aromatic carbocycles. The molecule has 27 heavy (non-hydrogen) atoms. The quantitative estimate of drug-likeness (QED) is 0.788. The number of fused-ring (bicyclic) bond motifs is 1. The Kier molecular flexibility index (Phi) is 5.01. The Labute approximate surface area is 154 Å². The summed E-state index contributed by atoms with van der Waals surface area (Å²) in [5.41, 5.74) is -0.590. The summed E-state index contributed by atoms with van der Waals surface area (Å²) in [7, 11) is 0. The van der Waals surface area contributed by atoms with E-state index in [-0.39, 0.29) is 31.2 Å². The first-order valence-electron chi connectivity index (χ1n) is 8.60. The molecule has 2 aromatic rings. The highest BCUT2D eigenvalue weighted by atomic mass is 19.1. The van der Waals surface area contributed by atoms with Crippen LogP contribution in [-0.2, 0) is 30.0 Å². The van der Waals surface area contributed by atoms with Gasteiger partial charge in [-0.3, -0.25) is 18.8 Å². The number of nitrogens with zero attached hydrogens (tertiary/aromatic N) is 4. The predicted molar refractivity (Wildman–Crippen MR) is 93.2 cm³/mol. The van der Waals surface area contributed by atoms with Gasteiger partial charge in [0, 0.05) is 5.69 Å². The first kappa shape index (κ1) is 19.0. The van der Waals surface area contributed by atoms with Gasteiger partial charge >= 0.3 is 0 Å². The second kappa shape index (κ2) is 7.10. The van der Waals surface area contributed by atoms with Crippen molar-refractivity contribution >= 4 is 5.91 Å². The Balaban J connectivity index is 1.84. The van der Waals surface area contributed by atoms with Crippen LogP contribution >= 0.6 is 0 Å². The van der Waals surface area contributed by atoms with Crippen LogP contribution in [0.4, 0.5) is 4.39 Å². The molecule has 0 saturated carbocycles. The Hall–Kier alpha value is -2.75. The number of aryl methyl sites for hydroxylation is 2. The van der Waals surface area contributed by atoms with Crippen molar-refractivity contribution in [2.24, 2.45) is 0 Å². The molecule has 0 radical (unpaired) electrons. The second-order valence-corrected chi connectivity index (χ2v) is 6.82. The van der Waals surface area contributed by atoms with Crippen molar-refractivity contribution in [1.29, 1.82) is 0 Å². The van der Waals surface area contributed by atoms with Crippen LogP contribution in [0.3, 0.4) is 0 Å². The maximum atomic E-state index is 12.5. The monoisotopic (exact) mass is 379 g/mol. The average Bonchev–Trinajstić information content (AvgIpc) is 2.96. The van der Waals surface area contributed by atoms with Gasteiger partial charge in [0.15, 0.2) is 5.69 Å². The molecule has 146 valence electrons. The van der Waals surface area contributed by atoms with Crippen LogP contribution < -0.4 is 10.9 Å². The van der Waals surface area contributed by atoms with Crippen molar-refractivity contribution < 1.29 is 19.0 Å². The van der Waals surface area contributed by atoms with Gasteiger partial charge in [-0.2, -0.15) is 5.10 Å². The van der Waals surface area contributed by atoms with E-state index < -0.39 is 29.5 Å². The summed E-state index contributed by atoms with van der Waals surface area (Å²) in [6.07, 6.45) is 0. The number of hydrogen-bond acceptors (Lipinski definition) is 6. The zero-order valence-corrected chi connectivity index (χ0v) is 15.5. The summed E-state index contributed by atoms with van der Waals surface area (Å²) in [6, 6.07) is 1.72. The number of carbonyl (C=O) groups excluding carboxylic acids is 1. The third kappa shape index (κ3) is 3.57. The highest BCUT2D eigenvalue weighted by molar-refractivity contribution is 5.94. The molecule has 2 N–H and O–H groups in total. The van der Waals surface area contributed by atoms with E-state index in [0.29, 0.717) is 12.3 Å². The van der Waals surface area contributed by atoms with E-state index in [9.17, 15) is 19.1 Å². The third-order valence-electron chi connectivity index (χ3n) is 4.43. The Bertz CT molecular complexity index is 934. The first-order chi connectivity index (χ1) is 12.7. The average molecular weight is 379 g/mol. The molecule has 0 aliphatic carbocycles. The Morgan fingerprint density at radius 2 is 2.22 bits per heavy atom. The van der Waals surface area contributed by atoms with Gasteiger partial charge in [-0.25, -0.2) is 9.37 Å². The molecule has 1 aliphatic heterocycles. The molecule has 1 amide bonds. The van der Waals surface area contributed by atoms with Crippen molar-refractivity contribution in [2.75, 3.05) is 13.3 Å². The van der Waals surface area contributed by atoms with E-state index in [4.69, 9.17) is 4.74 Å². The number of ether oxygens (including phenoxy) is 1. The summed E-state index contributed by atoms with van der Waals surface area (Å²) in [6.45, 7) is 5.49. The third-order valence-corrected chi connectivity index (χ3v) is 4.43. The van der Waals surface area contributed by atoms with Gasteiger partial charge in [0.25, 0.3) is 11.5 Å². The van der Waals surface area contributed by atoms with Crippen molar-refractivity contribution in [3.05, 3.63) is 39.3 Å². The van der Waals surface area contributed by atoms with E-state index in [1.165, 1.54) is 9.25 Å². The van der Waals surface area contributed by atoms with E-state index in [2.05, 4.69) is 15.4 Å². The summed E-state index contributed by atoms with van der Waals surface area (Å²) in [4.78, 5) is 29.1. The lowest BCUT2D eigenvalue weighted by atomic mass is 10.1.